The van der Waals surface area contributed by atoms with E-state index in [2.05, 4.69) is 4.98 Å². The molecule has 10 nitrogen and oxygen atoms in total. The topological polar surface area (TPSA) is 126 Å². The van der Waals surface area contributed by atoms with E-state index in [1.54, 1.807) is 4.90 Å². The van der Waals surface area contributed by atoms with Crippen molar-refractivity contribution in [2.75, 3.05) is 33.3 Å². The highest BCUT2D eigenvalue weighted by atomic mass is 32.2. The van der Waals surface area contributed by atoms with Crippen LogP contribution < -0.4 is 4.74 Å². The first-order valence-electron chi connectivity index (χ1n) is 11.6. The molecular weight excluding hydrogens is 472 g/mol. The lowest BCUT2D eigenvalue weighted by atomic mass is 9.95. The van der Waals surface area contributed by atoms with Crippen LogP contribution in [0.25, 0.3) is 10.9 Å². The zero-order valence-corrected chi connectivity index (χ0v) is 20.1. The molecule has 1 amide bonds. The number of nitro benzene ring substituents is 1. The summed E-state index contributed by atoms with van der Waals surface area (Å²) in [4.78, 5) is 29.0. The summed E-state index contributed by atoms with van der Waals surface area (Å²) in [5.41, 5.74) is 3.54. The van der Waals surface area contributed by atoms with Gasteiger partial charge >= 0.3 is 5.69 Å². The number of nitro groups is 1. The van der Waals surface area contributed by atoms with Crippen molar-refractivity contribution in [1.29, 1.82) is 0 Å². The summed E-state index contributed by atoms with van der Waals surface area (Å²) in [6.07, 6.45) is 4.27. The van der Waals surface area contributed by atoms with Crippen molar-refractivity contribution in [3.63, 3.8) is 0 Å². The number of aromatic nitrogens is 1. The number of hydrogen-bond acceptors (Lipinski definition) is 6. The molecule has 1 N–H and O–H groups in total. The summed E-state index contributed by atoms with van der Waals surface area (Å²) in [5.74, 6) is -0.143. The van der Waals surface area contributed by atoms with Crippen LogP contribution in [0.1, 0.15) is 34.5 Å². The monoisotopic (exact) mass is 498 g/mol. The van der Waals surface area contributed by atoms with Gasteiger partial charge in [-0.05, 0) is 49.4 Å². The molecule has 0 saturated carbocycles. The quantitative estimate of drug-likeness (QED) is 0.426. The smallest absolute Gasteiger partial charge is 0.312 e. The maximum Gasteiger partial charge on any atom is 0.312 e. The normalized spacial score (nSPS) is 16.8. The summed E-state index contributed by atoms with van der Waals surface area (Å²) in [6.45, 7) is 0.663. The number of aryl methyl sites for hydroxylation is 2. The summed E-state index contributed by atoms with van der Waals surface area (Å²) < 4.78 is 32.5. The van der Waals surface area contributed by atoms with Gasteiger partial charge in [-0.2, -0.15) is 4.31 Å². The largest absolute Gasteiger partial charge is 0.490 e. The molecule has 2 aromatic carbocycles. The molecule has 35 heavy (non-hydrogen) atoms. The maximum absolute atomic E-state index is 13.4. The van der Waals surface area contributed by atoms with Crippen molar-refractivity contribution in [2.45, 2.75) is 30.6 Å². The first kappa shape index (κ1) is 23.3. The Hall–Kier alpha value is -3.44. The predicted octanol–water partition coefficient (Wildman–Crippen LogP) is 3.11. The number of H-pyrrole nitrogens is 1. The van der Waals surface area contributed by atoms with Crippen molar-refractivity contribution < 1.29 is 22.9 Å². The second-order valence-corrected chi connectivity index (χ2v) is 10.7. The molecule has 0 spiro atoms. The molecule has 3 aromatic rings. The van der Waals surface area contributed by atoms with Crippen LogP contribution in [0, 0.1) is 10.1 Å². The minimum absolute atomic E-state index is 0.00969. The Bertz CT molecular complexity index is 1420. The lowest BCUT2D eigenvalue weighted by molar-refractivity contribution is -0.386. The van der Waals surface area contributed by atoms with Crippen molar-refractivity contribution >= 4 is 32.5 Å². The van der Waals surface area contributed by atoms with Crippen LogP contribution in [0.2, 0.25) is 0 Å². The fraction of sp³-hybridized carbons (Fsp3) is 0.375. The number of carbonyl (C=O) groups is 1. The number of nitrogens with one attached hydrogen (secondary N) is 1. The first-order valence-corrected chi connectivity index (χ1v) is 13.0. The average Bonchev–Trinajstić information content (AvgIpc) is 3.27. The molecule has 0 unspecified atom stereocenters. The zero-order chi connectivity index (χ0) is 24.7. The molecule has 0 bridgehead atoms. The number of carbonyl (C=O) groups excluding carboxylic acids is 1. The number of ether oxygens (including phenoxy) is 1. The molecule has 1 fully saturated rings. The third-order valence-electron chi connectivity index (χ3n) is 6.87. The lowest BCUT2D eigenvalue weighted by Crippen LogP contribution is -2.50. The van der Waals surface area contributed by atoms with Crippen LogP contribution in [-0.4, -0.2) is 66.7 Å². The highest BCUT2D eigenvalue weighted by molar-refractivity contribution is 7.89. The van der Waals surface area contributed by atoms with E-state index in [9.17, 15) is 23.3 Å². The fourth-order valence-corrected chi connectivity index (χ4v) is 6.47. The standard InChI is InChI=1S/C24H26N4O6S/c1-34-22-10-9-16(15-21(22)28(30)31)35(32,33)27-13-11-26(12-14-27)24(29)19-7-4-6-18-17-5-2-3-8-20(17)25-23(18)19/h4,6-7,9-10,15,25H,2-3,5,8,11-14H2,1H3. The van der Waals surface area contributed by atoms with E-state index < -0.39 is 20.6 Å². The van der Waals surface area contributed by atoms with Gasteiger partial charge in [0.25, 0.3) is 5.91 Å². The van der Waals surface area contributed by atoms with Crippen LogP contribution in [0.5, 0.6) is 5.75 Å². The molecule has 2 heterocycles. The molecule has 11 heteroatoms. The molecule has 1 aliphatic heterocycles. The average molecular weight is 499 g/mol. The summed E-state index contributed by atoms with van der Waals surface area (Å²) in [7, 11) is -2.68. The number of nitrogens with zero attached hydrogens (tertiary/aromatic N) is 3. The minimum atomic E-state index is -3.96. The number of para-hydroxylation sites is 1. The first-order chi connectivity index (χ1) is 16.8. The van der Waals surface area contributed by atoms with Crippen LogP contribution in [0.4, 0.5) is 5.69 Å². The Morgan fingerprint density at radius 1 is 1.09 bits per heavy atom. The lowest BCUT2D eigenvalue weighted by Gasteiger charge is -2.34. The Morgan fingerprint density at radius 3 is 2.54 bits per heavy atom. The number of sulfonamides is 1. The number of fused-ring (bicyclic) bond motifs is 3. The van der Waals surface area contributed by atoms with Crippen LogP contribution in [0.15, 0.2) is 41.3 Å². The number of aromatic amines is 1. The van der Waals surface area contributed by atoms with Gasteiger partial charge in [0, 0.05) is 43.3 Å². The SMILES string of the molecule is COc1ccc(S(=O)(=O)N2CCN(C(=O)c3cccc4c5c([nH]c34)CCCC5)CC2)cc1[N+](=O)[O-]. The van der Waals surface area contributed by atoms with E-state index in [0.29, 0.717) is 5.56 Å². The molecule has 0 radical (unpaired) electrons. The van der Waals surface area contributed by atoms with E-state index in [0.717, 1.165) is 42.7 Å². The van der Waals surface area contributed by atoms with E-state index >= 15 is 0 Å². The van der Waals surface area contributed by atoms with Crippen LogP contribution in [0.3, 0.4) is 0 Å². The second kappa shape index (κ2) is 8.97. The highest BCUT2D eigenvalue weighted by Gasteiger charge is 2.33. The number of piperazine rings is 1. The summed E-state index contributed by atoms with van der Waals surface area (Å²) in [5, 5.41) is 12.4. The van der Waals surface area contributed by atoms with E-state index in [1.807, 2.05) is 18.2 Å². The number of benzene rings is 2. The third-order valence-corrected chi connectivity index (χ3v) is 8.77. The van der Waals surface area contributed by atoms with Crippen molar-refractivity contribution in [2.24, 2.45) is 0 Å². The van der Waals surface area contributed by atoms with Crippen molar-refractivity contribution in [3.05, 3.63) is 63.3 Å². The second-order valence-electron chi connectivity index (χ2n) is 8.80. The van der Waals surface area contributed by atoms with Gasteiger partial charge < -0.3 is 14.6 Å². The van der Waals surface area contributed by atoms with Gasteiger partial charge in [-0.25, -0.2) is 8.42 Å². The van der Waals surface area contributed by atoms with E-state index in [4.69, 9.17) is 4.74 Å². The minimum Gasteiger partial charge on any atom is -0.490 e. The van der Waals surface area contributed by atoms with E-state index in [1.165, 1.54) is 34.8 Å². The van der Waals surface area contributed by atoms with Gasteiger partial charge in [-0.1, -0.05) is 12.1 Å². The maximum atomic E-state index is 13.4. The molecular formula is C24H26N4O6S. The fourth-order valence-electron chi connectivity index (χ4n) is 5.03. The summed E-state index contributed by atoms with van der Waals surface area (Å²) >= 11 is 0. The molecule has 1 saturated heterocycles. The molecule has 0 atom stereocenters. The molecule has 5 rings (SSSR count). The van der Waals surface area contributed by atoms with Crippen molar-refractivity contribution in [3.8, 4) is 5.75 Å². The Balaban J connectivity index is 1.34. The van der Waals surface area contributed by atoms with Gasteiger partial charge in [0.05, 0.1) is 28.0 Å². The van der Waals surface area contributed by atoms with E-state index in [-0.39, 0.29) is 42.7 Å². The summed E-state index contributed by atoms with van der Waals surface area (Å²) in [6, 6.07) is 9.35. The Morgan fingerprint density at radius 2 is 1.83 bits per heavy atom. The van der Waals surface area contributed by atoms with Crippen LogP contribution >= 0.6 is 0 Å². The van der Waals surface area contributed by atoms with Gasteiger partial charge in [0.1, 0.15) is 0 Å². The zero-order valence-electron chi connectivity index (χ0n) is 19.3. The van der Waals surface area contributed by atoms with Crippen molar-refractivity contribution in [1.82, 2.24) is 14.2 Å². The Labute approximate surface area is 202 Å². The molecule has 184 valence electrons. The molecule has 1 aromatic heterocycles. The molecule has 1 aliphatic carbocycles. The Kier molecular flexibility index (Phi) is 5.97. The highest BCUT2D eigenvalue weighted by Crippen LogP contribution is 2.33. The van der Waals surface area contributed by atoms with Crippen LogP contribution in [-0.2, 0) is 22.9 Å². The van der Waals surface area contributed by atoms with Gasteiger partial charge in [-0.15, -0.1) is 0 Å². The number of methoxy groups -OCH3 is 1. The molecule has 2 aliphatic rings. The third kappa shape index (κ3) is 4.04. The van der Waals surface area contributed by atoms with Gasteiger partial charge in [0.2, 0.25) is 10.0 Å². The van der Waals surface area contributed by atoms with Gasteiger partial charge in [0.15, 0.2) is 5.75 Å². The van der Waals surface area contributed by atoms with Gasteiger partial charge in [-0.3, -0.25) is 14.9 Å². The number of hydrogen-bond donors (Lipinski definition) is 1. The predicted molar refractivity (Wildman–Crippen MR) is 129 cm³/mol. The number of amides is 1. The number of rotatable bonds is 5.